The van der Waals surface area contributed by atoms with Gasteiger partial charge in [0, 0.05) is 18.2 Å². The van der Waals surface area contributed by atoms with Gasteiger partial charge in [-0.25, -0.2) is 18.1 Å². The van der Waals surface area contributed by atoms with Crippen molar-refractivity contribution in [3.63, 3.8) is 0 Å². The highest BCUT2D eigenvalue weighted by molar-refractivity contribution is 7.89. The van der Waals surface area contributed by atoms with Gasteiger partial charge in [-0.3, -0.25) is 4.79 Å². The van der Waals surface area contributed by atoms with Gasteiger partial charge in [-0.05, 0) is 17.7 Å². The van der Waals surface area contributed by atoms with Crippen LogP contribution < -0.4 is 4.72 Å². The molecular weight excluding hydrogens is 312 g/mol. The second-order valence-electron chi connectivity index (χ2n) is 6.25. The first-order valence-corrected chi connectivity index (χ1v) is 8.73. The number of hydrogen-bond donors (Lipinski definition) is 1. The van der Waals surface area contributed by atoms with Gasteiger partial charge < -0.3 is 0 Å². The molecule has 2 aromatic rings. The van der Waals surface area contributed by atoms with Crippen molar-refractivity contribution in [1.29, 1.82) is 0 Å². The standard InChI is InChI=1S/C17H20N2O3S/c1-17(2,3)15(20)14-10-7-11-18-16(14)23(21,22)19-12-13-8-5-4-6-9-13/h4-11,19H,12H2,1-3H3. The Labute approximate surface area is 136 Å². The SMILES string of the molecule is CC(C)(C)C(=O)c1cccnc1S(=O)(=O)NCc1ccccc1. The highest BCUT2D eigenvalue weighted by atomic mass is 32.2. The Balaban J connectivity index is 2.32. The molecule has 0 unspecified atom stereocenters. The van der Waals surface area contributed by atoms with Crippen LogP contribution in [0.4, 0.5) is 0 Å². The summed E-state index contributed by atoms with van der Waals surface area (Å²) in [5.41, 5.74) is 0.253. The molecule has 0 aliphatic carbocycles. The average Bonchev–Trinajstić information content (AvgIpc) is 2.52. The predicted molar refractivity (Wildman–Crippen MR) is 88.5 cm³/mol. The zero-order valence-corrected chi connectivity index (χ0v) is 14.2. The van der Waals surface area contributed by atoms with E-state index in [4.69, 9.17) is 0 Å². The molecule has 5 nitrogen and oxygen atoms in total. The minimum atomic E-state index is -3.88. The number of pyridine rings is 1. The van der Waals surface area contributed by atoms with Crippen molar-refractivity contribution in [1.82, 2.24) is 9.71 Å². The van der Waals surface area contributed by atoms with Crippen molar-refractivity contribution < 1.29 is 13.2 Å². The highest BCUT2D eigenvalue weighted by Crippen LogP contribution is 2.24. The fourth-order valence-electron chi connectivity index (χ4n) is 2.02. The lowest BCUT2D eigenvalue weighted by atomic mass is 9.87. The summed E-state index contributed by atoms with van der Waals surface area (Å²) < 4.78 is 27.6. The predicted octanol–water partition coefficient (Wildman–Crippen LogP) is 2.79. The Morgan fingerprint density at radius 1 is 1.09 bits per heavy atom. The number of nitrogens with zero attached hydrogens (tertiary/aromatic N) is 1. The van der Waals surface area contributed by atoms with Gasteiger partial charge in [-0.2, -0.15) is 0 Å². The summed E-state index contributed by atoms with van der Waals surface area (Å²) in [7, 11) is -3.88. The molecule has 1 N–H and O–H groups in total. The molecule has 0 saturated heterocycles. The van der Waals surface area contributed by atoms with Crippen molar-refractivity contribution in [3.05, 3.63) is 59.8 Å². The van der Waals surface area contributed by atoms with Crippen molar-refractivity contribution in [2.75, 3.05) is 0 Å². The molecule has 0 fully saturated rings. The zero-order chi connectivity index (χ0) is 17.1. The van der Waals surface area contributed by atoms with Gasteiger partial charge in [0.2, 0.25) is 0 Å². The topological polar surface area (TPSA) is 76.1 Å². The van der Waals surface area contributed by atoms with Crippen molar-refractivity contribution in [3.8, 4) is 0 Å². The van der Waals surface area contributed by atoms with Gasteiger partial charge >= 0.3 is 0 Å². The fraction of sp³-hybridized carbons (Fsp3) is 0.294. The number of carbonyl (C=O) groups excluding carboxylic acids is 1. The van der Waals surface area contributed by atoms with Crippen LogP contribution in [-0.4, -0.2) is 19.2 Å². The minimum Gasteiger partial charge on any atom is -0.293 e. The lowest BCUT2D eigenvalue weighted by molar-refractivity contribution is 0.0854. The van der Waals surface area contributed by atoms with E-state index in [0.29, 0.717) is 0 Å². The molecule has 0 radical (unpaired) electrons. The van der Waals surface area contributed by atoms with Crippen LogP contribution in [0.5, 0.6) is 0 Å². The molecule has 122 valence electrons. The number of Topliss-reactive ketones (excluding diaryl/α,β-unsaturated/α-hetero) is 1. The molecule has 0 saturated carbocycles. The number of benzene rings is 1. The van der Waals surface area contributed by atoms with E-state index in [1.165, 1.54) is 12.3 Å². The van der Waals surface area contributed by atoms with Crippen LogP contribution in [0.1, 0.15) is 36.7 Å². The molecule has 6 heteroatoms. The van der Waals surface area contributed by atoms with Gasteiger partial charge in [-0.15, -0.1) is 0 Å². The van der Waals surface area contributed by atoms with Crippen LogP contribution in [0.15, 0.2) is 53.7 Å². The monoisotopic (exact) mass is 332 g/mol. The molecule has 0 atom stereocenters. The van der Waals surface area contributed by atoms with Gasteiger partial charge in [-0.1, -0.05) is 51.1 Å². The molecule has 0 spiro atoms. The van der Waals surface area contributed by atoms with E-state index in [1.54, 1.807) is 26.8 Å². The van der Waals surface area contributed by atoms with Crippen LogP contribution in [-0.2, 0) is 16.6 Å². The fourth-order valence-corrected chi connectivity index (χ4v) is 3.17. The lowest BCUT2D eigenvalue weighted by Crippen LogP contribution is -2.29. The number of carbonyl (C=O) groups is 1. The quantitative estimate of drug-likeness (QED) is 0.854. The van der Waals surface area contributed by atoms with Crippen LogP contribution in [0.25, 0.3) is 0 Å². The second kappa shape index (κ2) is 6.60. The first-order valence-electron chi connectivity index (χ1n) is 7.25. The van der Waals surface area contributed by atoms with E-state index in [9.17, 15) is 13.2 Å². The van der Waals surface area contributed by atoms with Gasteiger partial charge in [0.05, 0.1) is 5.56 Å². The summed E-state index contributed by atoms with van der Waals surface area (Å²) in [6.45, 7) is 5.38. The van der Waals surface area contributed by atoms with E-state index in [2.05, 4.69) is 9.71 Å². The molecule has 0 aliphatic rings. The number of rotatable bonds is 5. The van der Waals surface area contributed by atoms with E-state index in [0.717, 1.165) is 5.56 Å². The molecule has 0 bridgehead atoms. The Hall–Kier alpha value is -2.05. The van der Waals surface area contributed by atoms with E-state index >= 15 is 0 Å². The Morgan fingerprint density at radius 3 is 2.35 bits per heavy atom. The first kappa shape index (κ1) is 17.3. The summed E-state index contributed by atoms with van der Waals surface area (Å²) in [4.78, 5) is 16.4. The van der Waals surface area contributed by atoms with Crippen LogP contribution >= 0.6 is 0 Å². The number of sulfonamides is 1. The van der Waals surface area contributed by atoms with Crippen molar-refractivity contribution >= 4 is 15.8 Å². The summed E-state index contributed by atoms with van der Waals surface area (Å²) in [5.74, 6) is -0.259. The molecule has 1 aromatic heterocycles. The van der Waals surface area contributed by atoms with Crippen LogP contribution in [0, 0.1) is 5.41 Å². The van der Waals surface area contributed by atoms with Crippen molar-refractivity contribution in [2.24, 2.45) is 5.41 Å². The number of ketones is 1. The van der Waals surface area contributed by atoms with E-state index < -0.39 is 15.4 Å². The summed E-state index contributed by atoms with van der Waals surface area (Å²) in [6, 6.07) is 12.2. The molecule has 23 heavy (non-hydrogen) atoms. The maximum absolute atomic E-state index is 12.5. The molecule has 0 aliphatic heterocycles. The largest absolute Gasteiger partial charge is 0.293 e. The highest BCUT2D eigenvalue weighted by Gasteiger charge is 2.30. The molecule has 1 heterocycles. The Bertz CT molecular complexity index is 794. The third-order valence-electron chi connectivity index (χ3n) is 3.26. The summed E-state index contributed by atoms with van der Waals surface area (Å²) in [5, 5.41) is -0.226. The maximum atomic E-state index is 12.5. The molecule has 0 amide bonds. The normalized spacial score (nSPS) is 12.1. The van der Waals surface area contributed by atoms with Gasteiger partial charge in [0.25, 0.3) is 10.0 Å². The van der Waals surface area contributed by atoms with Gasteiger partial charge in [0.1, 0.15) is 0 Å². The molecular formula is C17H20N2O3S. The Morgan fingerprint density at radius 2 is 1.74 bits per heavy atom. The van der Waals surface area contributed by atoms with Crippen molar-refractivity contribution in [2.45, 2.75) is 32.3 Å². The minimum absolute atomic E-state index is 0.112. The van der Waals surface area contributed by atoms with Crippen LogP contribution in [0.2, 0.25) is 0 Å². The second-order valence-corrected chi connectivity index (χ2v) is 7.93. The summed E-state index contributed by atoms with van der Waals surface area (Å²) >= 11 is 0. The Kier molecular flexibility index (Phi) is 4.97. The smallest absolute Gasteiger partial charge is 0.259 e. The van der Waals surface area contributed by atoms with E-state index in [-0.39, 0.29) is 22.9 Å². The average molecular weight is 332 g/mol. The third-order valence-corrected chi connectivity index (χ3v) is 4.62. The van der Waals surface area contributed by atoms with E-state index in [1.807, 2.05) is 30.3 Å². The maximum Gasteiger partial charge on any atom is 0.259 e. The number of hydrogen-bond acceptors (Lipinski definition) is 4. The number of aromatic nitrogens is 1. The molecule has 1 aromatic carbocycles. The first-order chi connectivity index (χ1) is 10.7. The van der Waals surface area contributed by atoms with Gasteiger partial charge in [0.15, 0.2) is 10.8 Å². The number of nitrogens with one attached hydrogen (secondary N) is 1. The third kappa shape index (κ3) is 4.24. The molecule has 2 rings (SSSR count). The summed E-state index contributed by atoms with van der Waals surface area (Å²) in [6.07, 6.45) is 1.37. The zero-order valence-electron chi connectivity index (χ0n) is 13.4. The lowest BCUT2D eigenvalue weighted by Gasteiger charge is -2.18. The van der Waals surface area contributed by atoms with Crippen LogP contribution in [0.3, 0.4) is 0 Å².